The van der Waals surface area contributed by atoms with Gasteiger partial charge in [-0.15, -0.1) is 0 Å². The Labute approximate surface area is 141 Å². The summed E-state index contributed by atoms with van der Waals surface area (Å²) >= 11 is 0. The van der Waals surface area contributed by atoms with E-state index in [0.717, 1.165) is 0 Å². The minimum atomic E-state index is -4.79. The zero-order chi connectivity index (χ0) is 18.4. The Morgan fingerprint density at radius 2 is 1.96 bits per heavy atom. The lowest BCUT2D eigenvalue weighted by Crippen LogP contribution is -2.62. The SMILES string of the molecule is O=C1NC(=O)N2C=CC=CC2C1[C@@H]1O[C@H](COP(=O)(O)O)[C@@H](O)[C@H]1O. The average Bonchev–Trinajstić information content (AvgIpc) is 2.81. The molecule has 0 aromatic carbocycles. The fraction of sp³-hybridized carbons (Fsp3) is 0.538. The smallest absolute Gasteiger partial charge is 0.388 e. The second-order valence-corrected chi connectivity index (χ2v) is 7.09. The molecule has 0 bridgehead atoms. The Bertz CT molecular complexity index is 674. The van der Waals surface area contributed by atoms with Crippen molar-refractivity contribution in [2.24, 2.45) is 5.92 Å². The monoisotopic (exact) mass is 376 g/mol. The fourth-order valence-electron chi connectivity index (χ4n) is 3.14. The van der Waals surface area contributed by atoms with Crippen LogP contribution in [-0.2, 0) is 18.6 Å². The third kappa shape index (κ3) is 3.53. The van der Waals surface area contributed by atoms with Crippen molar-refractivity contribution in [2.75, 3.05) is 6.61 Å². The Kier molecular flexibility index (Phi) is 4.82. The van der Waals surface area contributed by atoms with Gasteiger partial charge < -0.3 is 24.7 Å². The van der Waals surface area contributed by atoms with Crippen LogP contribution in [-0.4, -0.2) is 73.9 Å². The molecule has 2 fully saturated rings. The Morgan fingerprint density at radius 1 is 1.24 bits per heavy atom. The molecule has 6 atom stereocenters. The maximum Gasteiger partial charge on any atom is 0.469 e. The van der Waals surface area contributed by atoms with E-state index in [1.165, 1.54) is 11.1 Å². The molecule has 3 heterocycles. The molecule has 0 saturated carbocycles. The molecule has 0 aromatic rings. The van der Waals surface area contributed by atoms with Crippen LogP contribution in [0.2, 0.25) is 0 Å². The number of carbonyl (C=O) groups is 2. The fourth-order valence-corrected chi connectivity index (χ4v) is 3.48. The Morgan fingerprint density at radius 3 is 2.64 bits per heavy atom. The number of rotatable bonds is 4. The highest BCUT2D eigenvalue weighted by Crippen LogP contribution is 2.39. The first kappa shape index (κ1) is 18.2. The third-order valence-corrected chi connectivity index (χ3v) is 4.77. The molecule has 3 aliphatic rings. The largest absolute Gasteiger partial charge is 0.469 e. The highest BCUT2D eigenvalue weighted by molar-refractivity contribution is 7.46. The summed E-state index contributed by atoms with van der Waals surface area (Å²) in [6.07, 6.45) is 0.822. The molecule has 0 radical (unpaired) electrons. The van der Waals surface area contributed by atoms with E-state index in [9.17, 15) is 24.4 Å². The van der Waals surface area contributed by atoms with E-state index in [-0.39, 0.29) is 0 Å². The average molecular weight is 376 g/mol. The minimum Gasteiger partial charge on any atom is -0.388 e. The molecule has 138 valence electrons. The van der Waals surface area contributed by atoms with E-state index < -0.39 is 62.7 Å². The van der Waals surface area contributed by atoms with Crippen molar-refractivity contribution in [3.63, 3.8) is 0 Å². The maximum absolute atomic E-state index is 12.3. The van der Waals surface area contributed by atoms with E-state index in [1.54, 1.807) is 18.2 Å². The number of allylic oxidation sites excluding steroid dienone is 2. The van der Waals surface area contributed by atoms with Crippen LogP contribution in [0.5, 0.6) is 0 Å². The highest BCUT2D eigenvalue weighted by atomic mass is 31.2. The number of urea groups is 1. The van der Waals surface area contributed by atoms with E-state index >= 15 is 0 Å². The number of carbonyl (C=O) groups excluding carboxylic acids is 2. The van der Waals surface area contributed by atoms with Crippen LogP contribution in [0.4, 0.5) is 4.79 Å². The van der Waals surface area contributed by atoms with Gasteiger partial charge in [-0.05, 0) is 6.08 Å². The van der Waals surface area contributed by atoms with Crippen LogP contribution in [0.1, 0.15) is 0 Å². The number of ether oxygens (including phenoxy) is 1. The number of hydrogen-bond acceptors (Lipinski definition) is 7. The number of amides is 3. The lowest BCUT2D eigenvalue weighted by atomic mass is 9.85. The molecule has 25 heavy (non-hydrogen) atoms. The second-order valence-electron chi connectivity index (χ2n) is 5.85. The predicted molar refractivity (Wildman–Crippen MR) is 79.6 cm³/mol. The molecule has 12 heteroatoms. The highest BCUT2D eigenvalue weighted by Gasteiger charge is 2.54. The van der Waals surface area contributed by atoms with E-state index in [2.05, 4.69) is 9.84 Å². The molecular formula is C13H17N2O9P. The summed E-state index contributed by atoms with van der Waals surface area (Å²) in [7, 11) is -4.79. The molecule has 0 aromatic heterocycles. The quantitative estimate of drug-likeness (QED) is 0.356. The maximum atomic E-state index is 12.3. The Balaban J connectivity index is 1.79. The van der Waals surface area contributed by atoms with Crippen LogP contribution >= 0.6 is 7.82 Å². The van der Waals surface area contributed by atoms with Gasteiger partial charge in [0.2, 0.25) is 5.91 Å². The summed E-state index contributed by atoms with van der Waals surface area (Å²) in [5.41, 5.74) is 0. The number of phosphoric acid groups is 1. The summed E-state index contributed by atoms with van der Waals surface area (Å²) in [5, 5.41) is 22.4. The van der Waals surface area contributed by atoms with Gasteiger partial charge in [-0.2, -0.15) is 0 Å². The van der Waals surface area contributed by atoms with Gasteiger partial charge in [-0.3, -0.25) is 19.5 Å². The van der Waals surface area contributed by atoms with Gasteiger partial charge in [-0.1, -0.05) is 12.2 Å². The topological polar surface area (TPSA) is 166 Å². The van der Waals surface area contributed by atoms with Crippen molar-refractivity contribution < 1.29 is 43.4 Å². The first-order valence-corrected chi connectivity index (χ1v) is 8.92. The van der Waals surface area contributed by atoms with Gasteiger partial charge in [0, 0.05) is 6.20 Å². The molecular weight excluding hydrogens is 359 g/mol. The molecule has 0 spiro atoms. The third-order valence-electron chi connectivity index (χ3n) is 4.28. The number of fused-ring (bicyclic) bond motifs is 1. The number of nitrogens with one attached hydrogen (secondary N) is 1. The number of imide groups is 1. The van der Waals surface area contributed by atoms with Gasteiger partial charge in [0.25, 0.3) is 0 Å². The summed E-state index contributed by atoms with van der Waals surface area (Å²) in [4.78, 5) is 42.9. The molecule has 2 saturated heterocycles. The summed E-state index contributed by atoms with van der Waals surface area (Å²) in [6.45, 7) is -0.670. The normalized spacial score (nSPS) is 38.0. The molecule has 3 amide bonds. The molecule has 11 nitrogen and oxygen atoms in total. The van der Waals surface area contributed by atoms with Crippen molar-refractivity contribution >= 4 is 19.8 Å². The van der Waals surface area contributed by atoms with Crippen molar-refractivity contribution in [2.45, 2.75) is 30.5 Å². The van der Waals surface area contributed by atoms with Crippen LogP contribution in [0.3, 0.4) is 0 Å². The van der Waals surface area contributed by atoms with Crippen molar-refractivity contribution in [3.05, 3.63) is 24.4 Å². The van der Waals surface area contributed by atoms with Gasteiger partial charge in [0.05, 0.1) is 18.6 Å². The number of phosphoric ester groups is 1. The number of nitrogens with zero attached hydrogens (tertiary/aromatic N) is 1. The molecule has 3 rings (SSSR count). The molecule has 5 N–H and O–H groups in total. The summed E-state index contributed by atoms with van der Waals surface area (Å²) in [6, 6.07) is -1.35. The molecule has 2 unspecified atom stereocenters. The van der Waals surface area contributed by atoms with Crippen molar-refractivity contribution in [3.8, 4) is 0 Å². The van der Waals surface area contributed by atoms with Crippen LogP contribution in [0.25, 0.3) is 0 Å². The van der Waals surface area contributed by atoms with Crippen LogP contribution in [0, 0.1) is 5.92 Å². The van der Waals surface area contributed by atoms with Gasteiger partial charge in [-0.25, -0.2) is 9.36 Å². The summed E-state index contributed by atoms with van der Waals surface area (Å²) < 4.78 is 20.5. The van der Waals surface area contributed by atoms with Gasteiger partial charge >= 0.3 is 13.9 Å². The minimum absolute atomic E-state index is 0.624. The molecule has 3 aliphatic heterocycles. The van der Waals surface area contributed by atoms with E-state index in [1.807, 2.05) is 0 Å². The number of hydrogen-bond donors (Lipinski definition) is 5. The number of aliphatic hydroxyl groups excluding tert-OH is 2. The lowest BCUT2D eigenvalue weighted by molar-refractivity contribution is -0.136. The van der Waals surface area contributed by atoms with E-state index in [4.69, 9.17) is 14.5 Å². The van der Waals surface area contributed by atoms with Gasteiger partial charge in [0.1, 0.15) is 24.4 Å². The zero-order valence-electron chi connectivity index (χ0n) is 12.7. The van der Waals surface area contributed by atoms with E-state index in [0.29, 0.717) is 0 Å². The van der Waals surface area contributed by atoms with Crippen LogP contribution in [0.15, 0.2) is 24.4 Å². The first-order chi connectivity index (χ1) is 11.7. The molecule has 0 aliphatic carbocycles. The van der Waals surface area contributed by atoms with Crippen molar-refractivity contribution in [1.29, 1.82) is 0 Å². The van der Waals surface area contributed by atoms with Crippen molar-refractivity contribution in [1.82, 2.24) is 10.2 Å². The Hall–Kier alpha value is -1.59. The summed E-state index contributed by atoms with van der Waals surface area (Å²) in [5.74, 6) is -1.71. The van der Waals surface area contributed by atoms with Crippen LogP contribution < -0.4 is 5.32 Å². The first-order valence-electron chi connectivity index (χ1n) is 7.39. The zero-order valence-corrected chi connectivity index (χ0v) is 13.6. The van der Waals surface area contributed by atoms with Gasteiger partial charge in [0.15, 0.2) is 0 Å². The second kappa shape index (κ2) is 6.61. The predicted octanol–water partition coefficient (Wildman–Crippen LogP) is -1.80. The standard InChI is InChI=1S/C13H17N2O9P/c16-9-7(5-23-25(20,21)22)24-11(10(9)17)8-6-3-1-2-4-15(6)13(19)14-12(8)18/h1-4,6-11,16-17H,5H2,(H,14,18,19)(H2,20,21,22)/t6?,7-,8?,9-,10-,11+/m1/s1. The lowest BCUT2D eigenvalue weighted by Gasteiger charge is -2.40. The number of aliphatic hydroxyl groups is 2.